The fourth-order valence-corrected chi connectivity index (χ4v) is 4.23. The molecule has 1 amide bonds. The number of rotatable bonds is 9. The number of carbonyl (C=O) groups is 1. The Morgan fingerprint density at radius 2 is 1.58 bits per heavy atom. The second-order valence-corrected chi connectivity index (χ2v) is 10.5. The van der Waals surface area contributed by atoms with Gasteiger partial charge in [0.1, 0.15) is 17.2 Å². The van der Waals surface area contributed by atoms with Gasteiger partial charge in [0.2, 0.25) is 5.91 Å². The molecule has 3 N–H and O–H groups in total. The molecular weight excluding hydrogens is 474 g/mol. The largest absolute Gasteiger partial charge is 0.407 e. The lowest BCUT2D eigenvalue weighted by Crippen LogP contribution is -2.53. The van der Waals surface area contributed by atoms with E-state index in [0.29, 0.717) is 24.0 Å². The molecule has 36 heavy (non-hydrogen) atoms. The maximum atomic E-state index is 14.6. The summed E-state index contributed by atoms with van der Waals surface area (Å²) >= 11 is 0. The highest BCUT2D eigenvalue weighted by molar-refractivity contribution is 5.83. The van der Waals surface area contributed by atoms with Gasteiger partial charge in [0.05, 0.1) is 17.7 Å². The van der Waals surface area contributed by atoms with E-state index in [1.165, 1.54) is 32.0 Å². The Morgan fingerprint density at radius 3 is 2.08 bits per heavy atom. The third kappa shape index (κ3) is 6.62. The molecule has 0 aliphatic heterocycles. The standard InChI is InChI=1S/C27H31F4N3O2/c1-24(2,28)15-21(23(35)34-26(16-32)13-14-26)33-22(27(29,30)31)19-11-6-5-9-17(19)18-10-7-8-12-20(18)25(3,4)36/h5-12,21-22,33,36H,13-15H2,1-4H3,(H,34,35)/t21-,22-/m0/s1. The van der Waals surface area contributed by atoms with Gasteiger partial charge in [-0.3, -0.25) is 10.1 Å². The van der Waals surface area contributed by atoms with Crippen molar-refractivity contribution in [1.29, 1.82) is 5.26 Å². The third-order valence-corrected chi connectivity index (χ3v) is 6.18. The number of nitriles is 1. The molecule has 3 rings (SSSR count). The van der Waals surface area contributed by atoms with Crippen LogP contribution in [0.1, 0.15) is 64.1 Å². The molecule has 0 saturated heterocycles. The van der Waals surface area contributed by atoms with Crippen molar-refractivity contribution < 1.29 is 27.5 Å². The van der Waals surface area contributed by atoms with Gasteiger partial charge < -0.3 is 10.4 Å². The molecular formula is C27H31F4N3O2. The summed E-state index contributed by atoms with van der Waals surface area (Å²) in [6, 6.07) is 10.6. The number of nitrogens with one attached hydrogen (secondary N) is 2. The van der Waals surface area contributed by atoms with E-state index in [-0.39, 0.29) is 11.1 Å². The van der Waals surface area contributed by atoms with Crippen LogP contribution in [0.2, 0.25) is 0 Å². The Morgan fingerprint density at radius 1 is 1.03 bits per heavy atom. The number of amides is 1. The molecule has 1 fully saturated rings. The molecule has 0 heterocycles. The zero-order valence-corrected chi connectivity index (χ0v) is 20.7. The van der Waals surface area contributed by atoms with Crippen LogP contribution >= 0.6 is 0 Å². The van der Waals surface area contributed by atoms with Gasteiger partial charge in [0.15, 0.2) is 0 Å². The topological polar surface area (TPSA) is 85.2 Å². The highest BCUT2D eigenvalue weighted by atomic mass is 19.4. The van der Waals surface area contributed by atoms with E-state index in [2.05, 4.69) is 10.6 Å². The Balaban J connectivity index is 2.08. The molecule has 1 aliphatic carbocycles. The average Bonchev–Trinajstić information content (AvgIpc) is 3.54. The molecule has 1 aliphatic rings. The molecule has 9 heteroatoms. The lowest BCUT2D eigenvalue weighted by atomic mass is 9.86. The highest BCUT2D eigenvalue weighted by Crippen LogP contribution is 2.41. The van der Waals surface area contributed by atoms with Crippen LogP contribution in [-0.4, -0.2) is 34.4 Å². The SMILES string of the molecule is CC(C)(F)C[C@H](N[C@@H](c1ccccc1-c1ccccc1C(C)(C)O)C(F)(F)F)C(=O)NC1(C#N)CC1. The van der Waals surface area contributed by atoms with Crippen LogP contribution in [0.4, 0.5) is 17.6 Å². The van der Waals surface area contributed by atoms with E-state index in [1.807, 2.05) is 6.07 Å². The lowest BCUT2D eigenvalue weighted by molar-refractivity contribution is -0.161. The quantitative estimate of drug-likeness (QED) is 0.396. The highest BCUT2D eigenvalue weighted by Gasteiger charge is 2.48. The van der Waals surface area contributed by atoms with Crippen LogP contribution in [-0.2, 0) is 10.4 Å². The first-order valence-electron chi connectivity index (χ1n) is 11.7. The number of alkyl halides is 4. The third-order valence-electron chi connectivity index (χ3n) is 6.18. The number of halogens is 4. The predicted molar refractivity (Wildman–Crippen MR) is 128 cm³/mol. The Bertz CT molecular complexity index is 1140. The van der Waals surface area contributed by atoms with Crippen molar-refractivity contribution in [3.63, 3.8) is 0 Å². The summed E-state index contributed by atoms with van der Waals surface area (Å²) in [5.41, 5.74) is -3.51. The summed E-state index contributed by atoms with van der Waals surface area (Å²) < 4.78 is 58.2. The zero-order chi connectivity index (χ0) is 26.9. The van der Waals surface area contributed by atoms with Crippen LogP contribution in [0.5, 0.6) is 0 Å². The van der Waals surface area contributed by atoms with Gasteiger partial charge in [-0.1, -0.05) is 48.5 Å². The van der Waals surface area contributed by atoms with Gasteiger partial charge in [-0.25, -0.2) is 4.39 Å². The van der Waals surface area contributed by atoms with Crippen molar-refractivity contribution in [2.24, 2.45) is 0 Å². The van der Waals surface area contributed by atoms with E-state index in [4.69, 9.17) is 0 Å². The maximum absolute atomic E-state index is 14.6. The minimum atomic E-state index is -4.84. The van der Waals surface area contributed by atoms with Gasteiger partial charge in [-0.05, 0) is 62.8 Å². The maximum Gasteiger partial charge on any atom is 0.407 e. The van der Waals surface area contributed by atoms with Crippen LogP contribution < -0.4 is 10.6 Å². The van der Waals surface area contributed by atoms with Gasteiger partial charge in [0.25, 0.3) is 0 Å². The summed E-state index contributed by atoms with van der Waals surface area (Å²) in [6.45, 7) is 5.45. The van der Waals surface area contributed by atoms with Crippen LogP contribution in [0.15, 0.2) is 48.5 Å². The second-order valence-electron chi connectivity index (χ2n) is 10.5. The summed E-state index contributed by atoms with van der Waals surface area (Å²) in [5, 5.41) is 24.8. The number of nitrogens with zero attached hydrogens (tertiary/aromatic N) is 1. The van der Waals surface area contributed by atoms with E-state index >= 15 is 0 Å². The molecule has 0 spiro atoms. The number of carbonyl (C=O) groups excluding carboxylic acids is 1. The molecule has 2 aromatic carbocycles. The van der Waals surface area contributed by atoms with Crippen LogP contribution in [0, 0.1) is 11.3 Å². The molecule has 0 bridgehead atoms. The van der Waals surface area contributed by atoms with E-state index in [1.54, 1.807) is 44.2 Å². The first-order valence-corrected chi connectivity index (χ1v) is 11.7. The summed E-state index contributed by atoms with van der Waals surface area (Å²) in [4.78, 5) is 13.0. The summed E-state index contributed by atoms with van der Waals surface area (Å²) in [7, 11) is 0. The summed E-state index contributed by atoms with van der Waals surface area (Å²) in [5.74, 6) is -0.858. The van der Waals surface area contributed by atoms with E-state index in [9.17, 15) is 32.7 Å². The normalized spacial score (nSPS) is 17.1. The van der Waals surface area contributed by atoms with Crippen molar-refractivity contribution in [2.45, 2.75) is 82.0 Å². The van der Waals surface area contributed by atoms with E-state index in [0.717, 1.165) is 0 Å². The Hall–Kier alpha value is -2.96. The minimum Gasteiger partial charge on any atom is -0.386 e. The van der Waals surface area contributed by atoms with Gasteiger partial charge in [-0.2, -0.15) is 18.4 Å². The van der Waals surface area contributed by atoms with Crippen molar-refractivity contribution in [2.75, 3.05) is 0 Å². The predicted octanol–water partition coefficient (Wildman–Crippen LogP) is 5.45. The van der Waals surface area contributed by atoms with Crippen LogP contribution in [0.3, 0.4) is 0 Å². The fourth-order valence-electron chi connectivity index (χ4n) is 4.23. The fraction of sp³-hybridized carbons (Fsp3) is 0.481. The molecule has 194 valence electrons. The molecule has 0 aromatic heterocycles. The zero-order valence-electron chi connectivity index (χ0n) is 20.7. The first kappa shape index (κ1) is 27.6. The Kier molecular flexibility index (Phi) is 7.54. The first-order chi connectivity index (χ1) is 16.6. The molecule has 5 nitrogen and oxygen atoms in total. The number of benzene rings is 2. The molecule has 2 atom stereocenters. The van der Waals surface area contributed by atoms with Crippen molar-refractivity contribution in [3.05, 3.63) is 59.7 Å². The number of aliphatic hydroxyl groups is 1. The number of hydrogen-bond acceptors (Lipinski definition) is 4. The molecule has 0 radical (unpaired) electrons. The second kappa shape index (κ2) is 9.83. The molecule has 1 saturated carbocycles. The average molecular weight is 506 g/mol. The van der Waals surface area contributed by atoms with Crippen molar-refractivity contribution in [3.8, 4) is 17.2 Å². The van der Waals surface area contributed by atoms with Gasteiger partial charge in [0, 0.05) is 6.42 Å². The smallest absolute Gasteiger partial charge is 0.386 e. The number of hydrogen-bond donors (Lipinski definition) is 3. The minimum absolute atomic E-state index is 0.169. The van der Waals surface area contributed by atoms with E-state index < -0.39 is 47.4 Å². The summed E-state index contributed by atoms with van der Waals surface area (Å²) in [6.07, 6.45) is -4.60. The molecule has 0 unspecified atom stereocenters. The lowest BCUT2D eigenvalue weighted by Gasteiger charge is -2.32. The van der Waals surface area contributed by atoms with Gasteiger partial charge in [-0.15, -0.1) is 0 Å². The monoisotopic (exact) mass is 505 g/mol. The Labute approximate surface area is 208 Å². The van der Waals surface area contributed by atoms with Crippen molar-refractivity contribution >= 4 is 5.91 Å². The molecule has 2 aromatic rings. The van der Waals surface area contributed by atoms with Crippen LogP contribution in [0.25, 0.3) is 11.1 Å². The van der Waals surface area contributed by atoms with Crippen molar-refractivity contribution in [1.82, 2.24) is 10.6 Å². The van der Waals surface area contributed by atoms with Gasteiger partial charge >= 0.3 is 6.18 Å².